The standard InChI is InChI=1S/C20H30N2O4S/c23-20(21-13-7-15-26-18-9-4-5-10-18)17-8-6-14-22(16-17)27(24,25)19-11-2-1-3-12-19/h1-3,11-12,17-18H,4-10,13-16H2,(H,21,23)/t17-/m0/s1. The highest BCUT2D eigenvalue weighted by atomic mass is 32.2. The van der Waals surface area contributed by atoms with E-state index < -0.39 is 10.0 Å². The molecule has 1 saturated heterocycles. The van der Waals surface area contributed by atoms with E-state index in [0.717, 1.165) is 25.7 Å². The van der Waals surface area contributed by atoms with Crippen LogP contribution in [0.15, 0.2) is 35.2 Å². The van der Waals surface area contributed by atoms with E-state index in [0.29, 0.717) is 32.2 Å². The number of amides is 1. The Balaban J connectivity index is 1.43. The summed E-state index contributed by atoms with van der Waals surface area (Å²) in [5, 5.41) is 2.95. The van der Waals surface area contributed by atoms with Gasteiger partial charge in [-0.1, -0.05) is 31.0 Å². The van der Waals surface area contributed by atoms with Crippen molar-refractivity contribution >= 4 is 15.9 Å². The third-order valence-corrected chi connectivity index (χ3v) is 7.29. The van der Waals surface area contributed by atoms with Crippen LogP contribution in [-0.4, -0.2) is 51.0 Å². The molecule has 1 aromatic rings. The summed E-state index contributed by atoms with van der Waals surface area (Å²) in [6.07, 6.45) is 7.44. The Hall–Kier alpha value is -1.44. The van der Waals surface area contributed by atoms with Crippen molar-refractivity contribution in [2.75, 3.05) is 26.2 Å². The molecule has 1 amide bonds. The van der Waals surface area contributed by atoms with Gasteiger partial charge >= 0.3 is 0 Å². The van der Waals surface area contributed by atoms with Crippen molar-refractivity contribution in [3.63, 3.8) is 0 Å². The van der Waals surface area contributed by atoms with Crippen molar-refractivity contribution in [1.29, 1.82) is 0 Å². The second-order valence-electron chi connectivity index (χ2n) is 7.44. The van der Waals surface area contributed by atoms with Crippen LogP contribution in [0.4, 0.5) is 0 Å². The molecule has 150 valence electrons. The van der Waals surface area contributed by atoms with Gasteiger partial charge in [0.1, 0.15) is 0 Å². The lowest BCUT2D eigenvalue weighted by Crippen LogP contribution is -2.45. The quantitative estimate of drug-likeness (QED) is 0.688. The van der Waals surface area contributed by atoms with Crippen LogP contribution in [0.1, 0.15) is 44.9 Å². The van der Waals surface area contributed by atoms with Crippen molar-refractivity contribution in [2.24, 2.45) is 5.92 Å². The maximum atomic E-state index is 12.8. The molecule has 2 fully saturated rings. The molecule has 1 saturated carbocycles. The van der Waals surface area contributed by atoms with Crippen molar-refractivity contribution < 1.29 is 17.9 Å². The number of rotatable bonds is 8. The van der Waals surface area contributed by atoms with Gasteiger partial charge in [-0.3, -0.25) is 4.79 Å². The van der Waals surface area contributed by atoms with Gasteiger partial charge in [-0.15, -0.1) is 0 Å². The number of nitrogens with zero attached hydrogens (tertiary/aromatic N) is 1. The maximum absolute atomic E-state index is 12.8. The Bertz CT molecular complexity index is 702. The van der Waals surface area contributed by atoms with E-state index in [9.17, 15) is 13.2 Å². The summed E-state index contributed by atoms with van der Waals surface area (Å²) in [5.41, 5.74) is 0. The van der Waals surface area contributed by atoms with Crippen LogP contribution < -0.4 is 5.32 Å². The van der Waals surface area contributed by atoms with Crippen LogP contribution in [0.25, 0.3) is 0 Å². The fourth-order valence-electron chi connectivity index (χ4n) is 3.85. The number of hydrogen-bond acceptors (Lipinski definition) is 4. The van der Waals surface area contributed by atoms with Crippen LogP contribution >= 0.6 is 0 Å². The summed E-state index contributed by atoms with van der Waals surface area (Å²) >= 11 is 0. The molecule has 1 aliphatic carbocycles. The molecule has 1 N–H and O–H groups in total. The van der Waals surface area contributed by atoms with Crippen LogP contribution in [0.3, 0.4) is 0 Å². The number of nitrogens with one attached hydrogen (secondary N) is 1. The third kappa shape index (κ3) is 5.53. The number of ether oxygens (including phenoxy) is 1. The lowest BCUT2D eigenvalue weighted by molar-refractivity contribution is -0.126. The van der Waals surface area contributed by atoms with Crippen LogP contribution in [-0.2, 0) is 19.6 Å². The van der Waals surface area contributed by atoms with Crippen molar-refractivity contribution in [3.8, 4) is 0 Å². The number of benzene rings is 1. The molecule has 0 unspecified atom stereocenters. The summed E-state index contributed by atoms with van der Waals surface area (Å²) in [7, 11) is -3.53. The molecule has 2 aliphatic rings. The first-order valence-electron chi connectivity index (χ1n) is 10.0. The third-order valence-electron chi connectivity index (χ3n) is 5.41. The fourth-order valence-corrected chi connectivity index (χ4v) is 5.39. The van der Waals surface area contributed by atoms with Crippen LogP contribution in [0.5, 0.6) is 0 Å². The molecule has 3 rings (SSSR count). The zero-order valence-electron chi connectivity index (χ0n) is 15.8. The topological polar surface area (TPSA) is 75.7 Å². The molecule has 1 aliphatic heterocycles. The average molecular weight is 395 g/mol. The molecule has 27 heavy (non-hydrogen) atoms. The minimum atomic E-state index is -3.53. The Morgan fingerprint density at radius 3 is 2.59 bits per heavy atom. The van der Waals surface area contributed by atoms with Gasteiger partial charge in [0.25, 0.3) is 0 Å². The first-order chi connectivity index (χ1) is 13.1. The summed E-state index contributed by atoms with van der Waals surface area (Å²) < 4.78 is 32.8. The molecule has 1 atom stereocenters. The summed E-state index contributed by atoms with van der Waals surface area (Å²) in [6.45, 7) is 1.97. The largest absolute Gasteiger partial charge is 0.378 e. The van der Waals surface area contributed by atoms with Gasteiger partial charge < -0.3 is 10.1 Å². The Morgan fingerprint density at radius 1 is 1.11 bits per heavy atom. The van der Waals surface area contributed by atoms with E-state index >= 15 is 0 Å². The van der Waals surface area contributed by atoms with E-state index in [4.69, 9.17) is 4.74 Å². The van der Waals surface area contributed by atoms with E-state index in [1.807, 2.05) is 0 Å². The monoisotopic (exact) mass is 394 g/mol. The predicted molar refractivity (Wildman–Crippen MR) is 104 cm³/mol. The smallest absolute Gasteiger partial charge is 0.243 e. The zero-order valence-corrected chi connectivity index (χ0v) is 16.6. The molecule has 1 aromatic carbocycles. The number of sulfonamides is 1. The van der Waals surface area contributed by atoms with E-state index in [1.165, 1.54) is 17.1 Å². The predicted octanol–water partition coefficient (Wildman–Crippen LogP) is 2.55. The first kappa shape index (κ1) is 20.3. The second kappa shape index (κ2) is 9.66. The molecule has 7 heteroatoms. The normalized spacial score (nSPS) is 22.0. The highest BCUT2D eigenvalue weighted by Gasteiger charge is 2.33. The van der Waals surface area contributed by atoms with Gasteiger partial charge in [0.05, 0.1) is 16.9 Å². The van der Waals surface area contributed by atoms with E-state index in [2.05, 4.69) is 5.32 Å². The highest BCUT2D eigenvalue weighted by molar-refractivity contribution is 7.89. The van der Waals surface area contributed by atoms with E-state index in [1.54, 1.807) is 30.3 Å². The molecule has 1 heterocycles. The highest BCUT2D eigenvalue weighted by Crippen LogP contribution is 2.24. The molecule has 0 bridgehead atoms. The van der Waals surface area contributed by atoms with E-state index in [-0.39, 0.29) is 23.3 Å². The zero-order chi connectivity index (χ0) is 19.1. The summed E-state index contributed by atoms with van der Waals surface area (Å²) in [6, 6.07) is 8.43. The number of carbonyl (C=O) groups excluding carboxylic acids is 1. The molecule has 6 nitrogen and oxygen atoms in total. The number of hydrogen-bond donors (Lipinski definition) is 1. The summed E-state index contributed by atoms with van der Waals surface area (Å²) in [5.74, 6) is -0.336. The van der Waals surface area contributed by atoms with Gasteiger partial charge in [0.2, 0.25) is 15.9 Å². The number of carbonyl (C=O) groups is 1. The lowest BCUT2D eigenvalue weighted by Gasteiger charge is -2.31. The van der Waals surface area contributed by atoms with Crippen molar-refractivity contribution in [3.05, 3.63) is 30.3 Å². The fraction of sp³-hybridized carbons (Fsp3) is 0.650. The minimum Gasteiger partial charge on any atom is -0.378 e. The SMILES string of the molecule is O=C(NCCCOC1CCCC1)[C@H]1CCCN(S(=O)(=O)c2ccccc2)C1. The number of piperidine rings is 1. The average Bonchev–Trinajstić information content (AvgIpc) is 3.22. The Kier molecular flexibility index (Phi) is 7.26. The van der Waals surface area contributed by atoms with Crippen molar-refractivity contribution in [1.82, 2.24) is 9.62 Å². The molecule has 0 spiro atoms. The maximum Gasteiger partial charge on any atom is 0.243 e. The van der Waals surface area contributed by atoms with Crippen LogP contribution in [0.2, 0.25) is 0 Å². The van der Waals surface area contributed by atoms with Gasteiger partial charge in [0.15, 0.2) is 0 Å². The second-order valence-corrected chi connectivity index (χ2v) is 9.38. The van der Waals surface area contributed by atoms with Gasteiger partial charge in [0, 0.05) is 26.2 Å². The van der Waals surface area contributed by atoms with Crippen LogP contribution in [0, 0.1) is 5.92 Å². The molecular weight excluding hydrogens is 364 g/mol. The van der Waals surface area contributed by atoms with Gasteiger partial charge in [-0.05, 0) is 44.2 Å². The summed E-state index contributed by atoms with van der Waals surface area (Å²) in [4.78, 5) is 12.7. The lowest BCUT2D eigenvalue weighted by atomic mass is 9.99. The Morgan fingerprint density at radius 2 is 1.85 bits per heavy atom. The first-order valence-corrected chi connectivity index (χ1v) is 11.5. The van der Waals surface area contributed by atoms with Gasteiger partial charge in [-0.2, -0.15) is 4.31 Å². The molecule has 0 radical (unpaired) electrons. The minimum absolute atomic E-state index is 0.0520. The molecule has 0 aromatic heterocycles. The Labute approximate surface area is 162 Å². The molecular formula is C20H30N2O4S. The van der Waals surface area contributed by atoms with Crippen molar-refractivity contribution in [2.45, 2.75) is 55.9 Å². The van der Waals surface area contributed by atoms with Gasteiger partial charge in [-0.25, -0.2) is 8.42 Å².